The van der Waals surface area contributed by atoms with Crippen LogP contribution < -0.4 is 20.3 Å². The number of nitrogens with one attached hydrogen (secondary N) is 2. The Morgan fingerprint density at radius 3 is 2.15 bits per heavy atom. The molecule has 4 atom stereocenters. The van der Waals surface area contributed by atoms with Gasteiger partial charge >= 0.3 is 5.97 Å². The van der Waals surface area contributed by atoms with Crippen molar-refractivity contribution < 1.29 is 34.1 Å². The van der Waals surface area contributed by atoms with Crippen LogP contribution in [0.2, 0.25) is 5.02 Å². The predicted molar refractivity (Wildman–Crippen MR) is 209 cm³/mol. The Hall–Kier alpha value is -5.23. The summed E-state index contributed by atoms with van der Waals surface area (Å²) in [4.78, 5) is 56.0. The Morgan fingerprint density at radius 2 is 1.53 bits per heavy atom. The van der Waals surface area contributed by atoms with Crippen LogP contribution in [0.25, 0.3) is 0 Å². The van der Waals surface area contributed by atoms with Gasteiger partial charge in [0.05, 0.1) is 0 Å². The van der Waals surface area contributed by atoms with Gasteiger partial charge in [-0.3, -0.25) is 29.4 Å². The number of nitrogens with zero attached hydrogens (tertiary/aromatic N) is 2. The molecule has 0 aromatic heterocycles. The van der Waals surface area contributed by atoms with E-state index in [4.69, 9.17) is 16.3 Å². The summed E-state index contributed by atoms with van der Waals surface area (Å²) >= 11 is 6.28. The number of para-hydroxylation sites is 1. The zero-order valence-electron chi connectivity index (χ0n) is 30.8. The van der Waals surface area contributed by atoms with E-state index in [0.717, 1.165) is 31.2 Å². The van der Waals surface area contributed by atoms with E-state index in [-0.39, 0.29) is 37.2 Å². The van der Waals surface area contributed by atoms with Crippen LogP contribution in [0.5, 0.6) is 5.75 Å². The number of benzene rings is 4. The third-order valence-electron chi connectivity index (χ3n) is 10.7. The summed E-state index contributed by atoms with van der Waals surface area (Å²) in [5.41, 5.74) is 2.22. The van der Waals surface area contributed by atoms with Crippen molar-refractivity contribution in [3.8, 4) is 5.75 Å². The summed E-state index contributed by atoms with van der Waals surface area (Å²) in [6, 6.07) is 30.7. The van der Waals surface area contributed by atoms with E-state index in [1.54, 1.807) is 70.5 Å². The minimum Gasteiger partial charge on any atom is -0.484 e. The normalized spacial score (nSPS) is 18.9. The summed E-state index contributed by atoms with van der Waals surface area (Å²) in [5.74, 6) is -1.38. The molecule has 2 aliphatic rings. The number of aliphatic hydroxyl groups excluding tert-OH is 1. The molecule has 12 heteroatoms. The van der Waals surface area contributed by atoms with Crippen LogP contribution >= 0.6 is 11.6 Å². The molecule has 0 radical (unpaired) electrons. The average Bonchev–Trinajstić information content (AvgIpc) is 3.78. The van der Waals surface area contributed by atoms with Crippen LogP contribution in [0.1, 0.15) is 61.9 Å². The topological polar surface area (TPSA) is 149 Å². The van der Waals surface area contributed by atoms with Crippen molar-refractivity contribution >= 4 is 41.0 Å². The number of halogens is 1. The number of carbonyl (C=O) groups excluding carboxylic acids is 3. The molecule has 11 nitrogen and oxygen atoms in total. The van der Waals surface area contributed by atoms with Crippen molar-refractivity contribution in [2.45, 2.75) is 76.3 Å². The third kappa shape index (κ3) is 9.54. The number of amides is 3. The highest BCUT2D eigenvalue weighted by Crippen LogP contribution is 2.44. The second-order valence-electron chi connectivity index (χ2n) is 14.4. The van der Waals surface area contributed by atoms with Gasteiger partial charge in [0.2, 0.25) is 5.91 Å². The molecular formula is C43H47ClN4O7. The van der Waals surface area contributed by atoms with Crippen molar-refractivity contribution in [1.29, 1.82) is 0 Å². The molecule has 3 amide bonds. The Bertz CT molecular complexity index is 1920. The van der Waals surface area contributed by atoms with Gasteiger partial charge < -0.3 is 25.2 Å². The number of ether oxygens (including phenoxy) is 1. The molecule has 1 unspecified atom stereocenters. The van der Waals surface area contributed by atoms with Gasteiger partial charge in [-0.2, -0.15) is 0 Å². The van der Waals surface area contributed by atoms with Crippen molar-refractivity contribution in [3.63, 3.8) is 0 Å². The minimum atomic E-state index is -1.11. The van der Waals surface area contributed by atoms with Crippen molar-refractivity contribution in [2.75, 3.05) is 18.1 Å². The van der Waals surface area contributed by atoms with E-state index < -0.39 is 35.9 Å². The molecule has 0 bridgehead atoms. The number of hydrogen-bond donors (Lipinski definition) is 4. The van der Waals surface area contributed by atoms with Gasteiger partial charge in [-0.05, 0) is 78.8 Å². The average molecular weight is 767 g/mol. The molecule has 4 aromatic carbocycles. The molecule has 55 heavy (non-hydrogen) atoms. The summed E-state index contributed by atoms with van der Waals surface area (Å²) in [6.45, 7) is 1.55. The Balaban J connectivity index is 1.27. The van der Waals surface area contributed by atoms with Crippen LogP contribution in [0.15, 0.2) is 109 Å². The van der Waals surface area contributed by atoms with E-state index in [1.807, 2.05) is 48.5 Å². The first-order chi connectivity index (χ1) is 26.5. The molecule has 4 aromatic rings. The van der Waals surface area contributed by atoms with Gasteiger partial charge in [-0.25, -0.2) is 0 Å². The van der Waals surface area contributed by atoms with E-state index in [9.17, 15) is 29.4 Å². The zero-order chi connectivity index (χ0) is 39.0. The van der Waals surface area contributed by atoms with Crippen LogP contribution in [0.4, 0.5) is 5.69 Å². The highest BCUT2D eigenvalue weighted by atomic mass is 35.5. The molecule has 1 aliphatic carbocycles. The lowest BCUT2D eigenvalue weighted by atomic mass is 9.80. The summed E-state index contributed by atoms with van der Waals surface area (Å²) in [7, 11) is 0. The number of carbonyl (C=O) groups is 4. The minimum absolute atomic E-state index is 0.0705. The standard InChI is InChI=1S/C43H47ClN4O7/c1-29(49)45-25-24-43(22-8-9-23-43)42(54)46-36(41(52)53)26-31-14-20-34(21-15-31)47-39(32-16-18-33(44)19-17-32)48(38(50)28-55-35-12-6-3-7-13-35)37(40(47)51)27-30-10-4-2-5-11-30/h2-7,10-21,36-37,39,42,46,54H,8-9,22-28H2,1H3,(H,45,49)(H,52,53)/t36?,37-,39-,42+/m1/s1. The fourth-order valence-corrected chi connectivity index (χ4v) is 7.94. The molecule has 1 heterocycles. The van der Waals surface area contributed by atoms with E-state index in [0.29, 0.717) is 40.6 Å². The van der Waals surface area contributed by atoms with Crippen molar-refractivity contribution in [1.82, 2.24) is 15.5 Å². The van der Waals surface area contributed by atoms with E-state index >= 15 is 0 Å². The lowest BCUT2D eigenvalue weighted by Gasteiger charge is -2.36. The maximum Gasteiger partial charge on any atom is 0.321 e. The van der Waals surface area contributed by atoms with Crippen molar-refractivity contribution in [2.24, 2.45) is 5.41 Å². The second kappa shape index (κ2) is 17.9. The Morgan fingerprint density at radius 1 is 0.891 bits per heavy atom. The zero-order valence-corrected chi connectivity index (χ0v) is 31.5. The molecule has 2 fully saturated rings. The number of aliphatic hydroxyl groups is 1. The highest BCUT2D eigenvalue weighted by Gasteiger charge is 2.50. The molecular weight excluding hydrogens is 720 g/mol. The Kier molecular flexibility index (Phi) is 12.9. The second-order valence-corrected chi connectivity index (χ2v) is 14.8. The highest BCUT2D eigenvalue weighted by molar-refractivity contribution is 6.30. The molecule has 1 saturated heterocycles. The van der Waals surface area contributed by atoms with Gasteiger partial charge in [0.15, 0.2) is 6.61 Å². The van der Waals surface area contributed by atoms with Crippen molar-refractivity contribution in [3.05, 3.63) is 131 Å². The molecule has 1 saturated carbocycles. The van der Waals surface area contributed by atoms with Gasteiger partial charge in [0.25, 0.3) is 11.8 Å². The van der Waals surface area contributed by atoms with Crippen LogP contribution in [0, 0.1) is 5.41 Å². The maximum absolute atomic E-state index is 14.6. The van der Waals surface area contributed by atoms with Gasteiger partial charge in [0.1, 0.15) is 30.2 Å². The first-order valence-electron chi connectivity index (χ1n) is 18.7. The van der Waals surface area contributed by atoms with Gasteiger partial charge in [-0.15, -0.1) is 0 Å². The quantitative estimate of drug-likeness (QED) is 0.103. The van der Waals surface area contributed by atoms with Gasteiger partial charge in [-0.1, -0.05) is 97.2 Å². The summed E-state index contributed by atoms with van der Waals surface area (Å²) in [5, 5.41) is 27.8. The lowest BCUT2D eigenvalue weighted by molar-refractivity contribution is -0.141. The fourth-order valence-electron chi connectivity index (χ4n) is 7.82. The largest absolute Gasteiger partial charge is 0.484 e. The predicted octanol–water partition coefficient (Wildman–Crippen LogP) is 5.89. The Labute approximate surface area is 326 Å². The number of carboxylic acid groups (broad SMARTS) is 1. The number of anilines is 1. The number of aliphatic carboxylic acids is 1. The smallest absolute Gasteiger partial charge is 0.321 e. The fraction of sp³-hybridized carbons (Fsp3) is 0.349. The van der Waals surface area contributed by atoms with Gasteiger partial charge in [0, 0.05) is 36.0 Å². The molecule has 0 spiro atoms. The van der Waals surface area contributed by atoms with Crippen LogP contribution in [-0.4, -0.2) is 70.3 Å². The number of hydrogen-bond acceptors (Lipinski definition) is 7. The molecule has 1 aliphatic heterocycles. The molecule has 4 N–H and O–H groups in total. The monoisotopic (exact) mass is 766 g/mol. The number of rotatable bonds is 16. The lowest BCUT2D eigenvalue weighted by Crippen LogP contribution is -2.52. The summed E-state index contributed by atoms with van der Waals surface area (Å²) in [6.07, 6.45) is 2.25. The molecule has 288 valence electrons. The SMILES string of the molecule is CC(=O)NCCC1([C@H](O)NC(Cc2ccc(N3C(=O)[C@@H](Cc4ccccc4)N(C(=O)COc4ccccc4)[C@@H]3c3ccc(Cl)cc3)cc2)C(=O)O)CCCC1. The summed E-state index contributed by atoms with van der Waals surface area (Å²) < 4.78 is 5.89. The third-order valence-corrected chi connectivity index (χ3v) is 10.9. The van der Waals surface area contributed by atoms with E-state index in [1.165, 1.54) is 6.92 Å². The molecule has 6 rings (SSSR count). The first kappa shape index (κ1) is 39.5. The maximum atomic E-state index is 14.6. The van der Waals surface area contributed by atoms with Crippen LogP contribution in [-0.2, 0) is 32.0 Å². The number of carboxylic acids is 1. The van der Waals surface area contributed by atoms with Crippen LogP contribution in [0.3, 0.4) is 0 Å². The van der Waals surface area contributed by atoms with E-state index in [2.05, 4.69) is 10.6 Å². The first-order valence-corrected chi connectivity index (χ1v) is 19.0.